The van der Waals surface area contributed by atoms with Crippen molar-refractivity contribution in [2.24, 2.45) is 10.1 Å². The monoisotopic (exact) mass is 507 g/mol. The molecule has 6 rings (SSSR count). The van der Waals surface area contributed by atoms with Crippen LogP contribution in [0.2, 0.25) is 0 Å². The van der Waals surface area contributed by atoms with E-state index in [1.807, 2.05) is 30.3 Å². The van der Waals surface area contributed by atoms with Crippen molar-refractivity contribution in [3.05, 3.63) is 53.6 Å². The maximum Gasteiger partial charge on any atom is 0.228 e. The summed E-state index contributed by atoms with van der Waals surface area (Å²) in [6.45, 7) is 6.55. The first-order valence-corrected chi connectivity index (χ1v) is 14.3. The minimum atomic E-state index is -2.55. The van der Waals surface area contributed by atoms with Gasteiger partial charge in [0.2, 0.25) is 5.95 Å². The molecule has 2 fully saturated rings. The van der Waals surface area contributed by atoms with Gasteiger partial charge in [0.15, 0.2) is 0 Å². The lowest BCUT2D eigenvalue weighted by Gasteiger charge is -2.38. The minimum absolute atomic E-state index is 0.0899. The van der Waals surface area contributed by atoms with E-state index in [2.05, 4.69) is 34.6 Å². The maximum atomic E-state index is 14.2. The van der Waals surface area contributed by atoms with Crippen LogP contribution in [0.15, 0.2) is 51.7 Å². The second kappa shape index (κ2) is 9.26. The van der Waals surface area contributed by atoms with Gasteiger partial charge in [-0.3, -0.25) is 0 Å². The first-order chi connectivity index (χ1) is 17.4. The number of hydrogen-bond donors (Lipinski definition) is 3. The number of aryl methyl sites for hydroxylation is 1. The summed E-state index contributed by atoms with van der Waals surface area (Å²) in [4.78, 5) is 12.9. The summed E-state index contributed by atoms with van der Waals surface area (Å²) in [5, 5.41) is 7.77. The normalized spacial score (nSPS) is 25.2. The Morgan fingerprint density at radius 3 is 2.92 bits per heavy atom. The standard InChI is InChI=1S/C26H33N7O2S/c1-18-6-7-22-21(12-18)24(29-15-26(27)16-35-17-26)31-25(30-22)33-10-11-36(34,32-20-8-9-28-13-20)23-5-3-2-4-19(23)14-33/h2-7,12,20,28H,8-11,13-17,27H2,1H3,(H,29,30,31). The van der Waals surface area contributed by atoms with Crippen LogP contribution in [-0.4, -0.2) is 70.9 Å². The third-order valence-electron chi connectivity index (χ3n) is 7.18. The van der Waals surface area contributed by atoms with E-state index in [-0.39, 0.29) is 11.6 Å². The SMILES string of the molecule is Cc1ccc2nc(N3CCS(=O)(=NC4CCNC4)c4ccccc4C3)nc(NCC3(N)COC3)c2c1. The van der Waals surface area contributed by atoms with E-state index in [9.17, 15) is 4.21 Å². The molecule has 0 aliphatic carbocycles. The summed E-state index contributed by atoms with van der Waals surface area (Å²) in [6, 6.07) is 14.3. The molecule has 9 nitrogen and oxygen atoms in total. The molecule has 36 heavy (non-hydrogen) atoms. The quantitative estimate of drug-likeness (QED) is 0.482. The smallest absolute Gasteiger partial charge is 0.228 e. The summed E-state index contributed by atoms with van der Waals surface area (Å²) in [7, 11) is -2.55. The predicted octanol–water partition coefficient (Wildman–Crippen LogP) is 2.29. The average molecular weight is 508 g/mol. The number of benzene rings is 2. The number of rotatable bonds is 5. The van der Waals surface area contributed by atoms with Gasteiger partial charge in [0.25, 0.3) is 0 Å². The Morgan fingerprint density at radius 2 is 2.14 bits per heavy atom. The molecule has 190 valence electrons. The van der Waals surface area contributed by atoms with Crippen LogP contribution in [0, 0.1) is 6.92 Å². The summed E-state index contributed by atoms with van der Waals surface area (Å²) >= 11 is 0. The van der Waals surface area contributed by atoms with Crippen LogP contribution in [0.5, 0.6) is 0 Å². The summed E-state index contributed by atoms with van der Waals surface area (Å²) in [5.74, 6) is 1.82. The molecule has 3 aromatic rings. The highest BCUT2D eigenvalue weighted by Gasteiger charge is 2.34. The van der Waals surface area contributed by atoms with Crippen LogP contribution in [0.3, 0.4) is 0 Å². The lowest BCUT2D eigenvalue weighted by atomic mass is 9.99. The molecule has 0 saturated carbocycles. The van der Waals surface area contributed by atoms with Gasteiger partial charge in [0.1, 0.15) is 5.82 Å². The lowest BCUT2D eigenvalue weighted by molar-refractivity contribution is -0.0461. The van der Waals surface area contributed by atoms with Crippen molar-refractivity contribution in [3.63, 3.8) is 0 Å². The van der Waals surface area contributed by atoms with E-state index in [1.165, 1.54) is 0 Å². The Balaban J connectivity index is 1.38. The van der Waals surface area contributed by atoms with Crippen LogP contribution in [0.4, 0.5) is 11.8 Å². The molecular formula is C26H33N7O2S. The highest BCUT2D eigenvalue weighted by atomic mass is 32.2. The molecule has 4 heterocycles. The number of hydrogen-bond acceptors (Lipinski definition) is 9. The Morgan fingerprint density at radius 1 is 1.28 bits per heavy atom. The molecule has 2 unspecified atom stereocenters. The van der Waals surface area contributed by atoms with Gasteiger partial charge in [-0.1, -0.05) is 29.8 Å². The van der Waals surface area contributed by atoms with Gasteiger partial charge in [-0.15, -0.1) is 0 Å². The second-order valence-electron chi connectivity index (χ2n) is 10.2. The van der Waals surface area contributed by atoms with Gasteiger partial charge < -0.3 is 26.0 Å². The van der Waals surface area contributed by atoms with Crippen LogP contribution in [0.1, 0.15) is 17.5 Å². The molecule has 3 aliphatic rings. The van der Waals surface area contributed by atoms with E-state index < -0.39 is 9.73 Å². The van der Waals surface area contributed by atoms with Crippen molar-refractivity contribution in [2.75, 3.05) is 55.4 Å². The molecule has 2 saturated heterocycles. The van der Waals surface area contributed by atoms with Crippen LogP contribution < -0.4 is 21.3 Å². The van der Waals surface area contributed by atoms with Gasteiger partial charge in [0, 0.05) is 31.6 Å². The van der Waals surface area contributed by atoms with Crippen molar-refractivity contribution in [2.45, 2.75) is 36.4 Å². The van der Waals surface area contributed by atoms with Gasteiger partial charge in [0.05, 0.1) is 50.7 Å². The molecule has 0 amide bonds. The number of nitrogens with one attached hydrogen (secondary N) is 2. The zero-order valence-electron chi connectivity index (χ0n) is 20.6. The number of ether oxygens (including phenoxy) is 1. The summed E-state index contributed by atoms with van der Waals surface area (Å²) < 4.78 is 24.5. The lowest BCUT2D eigenvalue weighted by Crippen LogP contribution is -2.61. The molecule has 3 aliphatic heterocycles. The maximum absolute atomic E-state index is 14.2. The topological polar surface area (TPSA) is 118 Å². The number of fused-ring (bicyclic) bond motifs is 2. The number of anilines is 2. The third-order valence-corrected chi connectivity index (χ3v) is 9.64. The van der Waals surface area contributed by atoms with Gasteiger partial charge in [-0.25, -0.2) is 13.6 Å². The van der Waals surface area contributed by atoms with E-state index in [0.717, 1.165) is 52.3 Å². The number of nitrogens with two attached hydrogens (primary N) is 1. The van der Waals surface area contributed by atoms with Gasteiger partial charge >= 0.3 is 0 Å². The Hall–Kier alpha value is -2.79. The van der Waals surface area contributed by atoms with E-state index in [4.69, 9.17) is 24.8 Å². The molecule has 0 bridgehead atoms. The number of nitrogens with zero attached hydrogens (tertiary/aromatic N) is 4. The van der Waals surface area contributed by atoms with Gasteiger partial charge in [-0.2, -0.15) is 4.98 Å². The van der Waals surface area contributed by atoms with Crippen molar-refractivity contribution in [1.29, 1.82) is 0 Å². The van der Waals surface area contributed by atoms with Crippen molar-refractivity contribution in [1.82, 2.24) is 15.3 Å². The zero-order valence-corrected chi connectivity index (χ0v) is 21.4. The van der Waals surface area contributed by atoms with E-state index in [0.29, 0.717) is 44.5 Å². The predicted molar refractivity (Wildman–Crippen MR) is 143 cm³/mol. The van der Waals surface area contributed by atoms with Crippen molar-refractivity contribution >= 4 is 32.4 Å². The fourth-order valence-corrected chi connectivity index (χ4v) is 7.46. The summed E-state index contributed by atoms with van der Waals surface area (Å²) in [6.07, 6.45) is 0.929. The third kappa shape index (κ3) is 4.54. The molecule has 0 spiro atoms. The molecule has 2 aromatic carbocycles. The molecule has 0 radical (unpaired) electrons. The second-order valence-corrected chi connectivity index (χ2v) is 12.6. The average Bonchev–Trinajstić information content (AvgIpc) is 3.31. The summed E-state index contributed by atoms with van der Waals surface area (Å²) in [5.41, 5.74) is 9.03. The number of aromatic nitrogens is 2. The highest BCUT2D eigenvalue weighted by Crippen LogP contribution is 2.30. The van der Waals surface area contributed by atoms with Crippen LogP contribution in [-0.2, 0) is 21.0 Å². The Kier molecular flexibility index (Phi) is 6.07. The molecule has 10 heteroatoms. The van der Waals surface area contributed by atoms with E-state index in [1.54, 1.807) is 0 Å². The molecular weight excluding hydrogens is 474 g/mol. The van der Waals surface area contributed by atoms with Crippen molar-refractivity contribution < 1.29 is 8.95 Å². The first-order valence-electron chi connectivity index (χ1n) is 12.6. The van der Waals surface area contributed by atoms with Crippen LogP contribution >= 0.6 is 0 Å². The zero-order chi connectivity index (χ0) is 24.8. The molecule has 2 atom stereocenters. The fraction of sp³-hybridized carbons (Fsp3) is 0.462. The fourth-order valence-electron chi connectivity index (χ4n) is 5.06. The van der Waals surface area contributed by atoms with Crippen molar-refractivity contribution in [3.8, 4) is 0 Å². The largest absolute Gasteiger partial charge is 0.377 e. The molecule has 4 N–H and O–H groups in total. The first kappa shape index (κ1) is 23.6. The highest BCUT2D eigenvalue weighted by molar-refractivity contribution is 7.93. The van der Waals surface area contributed by atoms with Crippen LogP contribution in [0.25, 0.3) is 10.9 Å². The Labute approximate surface area is 212 Å². The van der Waals surface area contributed by atoms with E-state index >= 15 is 0 Å². The molecule has 1 aromatic heterocycles. The Bertz CT molecular complexity index is 1410. The minimum Gasteiger partial charge on any atom is -0.377 e. The van der Waals surface area contributed by atoms with Gasteiger partial charge in [-0.05, 0) is 43.7 Å².